The molecule has 1 saturated heterocycles. The van der Waals surface area contributed by atoms with Crippen molar-refractivity contribution in [3.8, 4) is 0 Å². The molecule has 160 valence electrons. The molecule has 3 amide bonds. The zero-order valence-electron chi connectivity index (χ0n) is 17.8. The number of aryl methyl sites for hydroxylation is 2. The number of benzene rings is 1. The van der Waals surface area contributed by atoms with Gasteiger partial charge in [-0.25, -0.2) is 0 Å². The van der Waals surface area contributed by atoms with Gasteiger partial charge in [-0.15, -0.1) is 0 Å². The third kappa shape index (κ3) is 4.69. The van der Waals surface area contributed by atoms with E-state index in [9.17, 15) is 14.4 Å². The molecule has 0 bridgehead atoms. The highest BCUT2D eigenvalue weighted by molar-refractivity contribution is 6.35. The average molecular weight is 412 g/mol. The summed E-state index contributed by atoms with van der Waals surface area (Å²) in [5.41, 5.74) is 2.43. The van der Waals surface area contributed by atoms with Crippen LogP contribution < -0.4 is 5.32 Å². The Balaban J connectivity index is 1.79. The normalized spacial score (nSPS) is 15.4. The van der Waals surface area contributed by atoms with Crippen molar-refractivity contribution < 1.29 is 14.4 Å². The van der Waals surface area contributed by atoms with Crippen LogP contribution in [-0.4, -0.2) is 56.9 Å². The van der Waals surface area contributed by atoms with Crippen molar-refractivity contribution in [2.75, 3.05) is 19.6 Å². The van der Waals surface area contributed by atoms with E-state index in [4.69, 9.17) is 0 Å². The third-order valence-corrected chi connectivity index (χ3v) is 5.37. The molecule has 8 nitrogen and oxygen atoms in total. The molecule has 1 aliphatic heterocycles. The summed E-state index contributed by atoms with van der Waals surface area (Å²) < 4.78 is 1.70. The summed E-state index contributed by atoms with van der Waals surface area (Å²) in [7, 11) is 1.83. The fourth-order valence-electron chi connectivity index (χ4n) is 3.71. The zero-order chi connectivity index (χ0) is 21.7. The van der Waals surface area contributed by atoms with Gasteiger partial charge in [0, 0.05) is 45.0 Å². The Morgan fingerprint density at radius 2 is 1.90 bits per heavy atom. The minimum absolute atomic E-state index is 0.306. The van der Waals surface area contributed by atoms with Crippen molar-refractivity contribution in [3.05, 3.63) is 53.3 Å². The Bertz CT molecular complexity index is 909. The lowest BCUT2D eigenvalue weighted by Gasteiger charge is -2.38. The lowest BCUT2D eigenvalue weighted by Crippen LogP contribution is -2.57. The Hall–Kier alpha value is -3.16. The maximum Gasteiger partial charge on any atom is 0.313 e. The van der Waals surface area contributed by atoms with Gasteiger partial charge in [-0.05, 0) is 18.9 Å². The molecule has 2 heterocycles. The standard InChI is InChI=1S/C22H29N5O3/c1-4-5-11-26-12-13-27(22(30)21(26)29)19(17-9-7-6-8-10-17)20(28)23-14-18-15-25(3)24-16(18)2/h6-10,15,19H,4-5,11-14H2,1-3H3,(H,23,28)/t19-/m1/s1. The highest BCUT2D eigenvalue weighted by Gasteiger charge is 2.39. The van der Waals surface area contributed by atoms with Crippen LogP contribution in [0.1, 0.15) is 42.6 Å². The van der Waals surface area contributed by atoms with E-state index in [0.717, 1.165) is 24.1 Å². The minimum atomic E-state index is -0.854. The van der Waals surface area contributed by atoms with E-state index in [1.807, 2.05) is 45.3 Å². The molecule has 1 atom stereocenters. The van der Waals surface area contributed by atoms with Gasteiger partial charge in [0.15, 0.2) is 0 Å². The first-order chi connectivity index (χ1) is 14.4. The van der Waals surface area contributed by atoms with Crippen LogP contribution in [0.2, 0.25) is 0 Å². The van der Waals surface area contributed by atoms with Crippen LogP contribution in [0.15, 0.2) is 36.5 Å². The maximum absolute atomic E-state index is 13.2. The minimum Gasteiger partial charge on any atom is -0.350 e. The fourth-order valence-corrected chi connectivity index (χ4v) is 3.71. The number of carbonyl (C=O) groups excluding carboxylic acids is 3. The summed E-state index contributed by atoms with van der Waals surface area (Å²) in [6.45, 7) is 5.56. The van der Waals surface area contributed by atoms with Gasteiger partial charge in [0.1, 0.15) is 6.04 Å². The molecule has 0 aliphatic carbocycles. The molecular formula is C22H29N5O3. The summed E-state index contributed by atoms with van der Waals surface area (Å²) in [5.74, 6) is -1.47. The number of carbonyl (C=O) groups is 3. The molecule has 1 aromatic heterocycles. The monoisotopic (exact) mass is 411 g/mol. The lowest BCUT2D eigenvalue weighted by molar-refractivity contribution is -0.159. The Kier molecular flexibility index (Phi) is 6.87. The van der Waals surface area contributed by atoms with Gasteiger partial charge in [-0.3, -0.25) is 19.1 Å². The quantitative estimate of drug-likeness (QED) is 0.668. The van der Waals surface area contributed by atoms with Crippen LogP contribution in [0.3, 0.4) is 0 Å². The van der Waals surface area contributed by atoms with E-state index in [1.165, 1.54) is 4.90 Å². The van der Waals surface area contributed by atoms with E-state index in [0.29, 0.717) is 31.7 Å². The first-order valence-electron chi connectivity index (χ1n) is 10.3. The highest BCUT2D eigenvalue weighted by Crippen LogP contribution is 2.24. The molecule has 1 aromatic carbocycles. The summed E-state index contributed by atoms with van der Waals surface area (Å²) in [5, 5.41) is 7.21. The maximum atomic E-state index is 13.2. The van der Waals surface area contributed by atoms with Crippen molar-refractivity contribution in [2.24, 2.45) is 7.05 Å². The van der Waals surface area contributed by atoms with E-state index in [-0.39, 0.29) is 5.91 Å². The molecule has 0 saturated carbocycles. The molecule has 30 heavy (non-hydrogen) atoms. The molecule has 0 spiro atoms. The summed E-state index contributed by atoms with van der Waals surface area (Å²) >= 11 is 0. The SMILES string of the molecule is CCCCN1CCN([C@@H](C(=O)NCc2cn(C)nc2C)c2ccccc2)C(=O)C1=O. The highest BCUT2D eigenvalue weighted by atomic mass is 16.2. The number of rotatable bonds is 8. The Morgan fingerprint density at radius 3 is 2.53 bits per heavy atom. The molecule has 3 rings (SSSR count). The molecule has 0 unspecified atom stereocenters. The van der Waals surface area contributed by atoms with Crippen molar-refractivity contribution in [1.82, 2.24) is 24.9 Å². The number of aromatic nitrogens is 2. The average Bonchev–Trinajstić information content (AvgIpc) is 3.07. The topological polar surface area (TPSA) is 87.5 Å². The molecule has 0 radical (unpaired) electrons. The van der Waals surface area contributed by atoms with E-state index in [2.05, 4.69) is 10.4 Å². The molecule has 8 heteroatoms. The number of amides is 3. The fraction of sp³-hybridized carbons (Fsp3) is 0.455. The van der Waals surface area contributed by atoms with Crippen molar-refractivity contribution in [3.63, 3.8) is 0 Å². The third-order valence-electron chi connectivity index (χ3n) is 5.37. The van der Waals surface area contributed by atoms with Crippen LogP contribution in [0.5, 0.6) is 0 Å². The van der Waals surface area contributed by atoms with Crippen molar-refractivity contribution >= 4 is 17.7 Å². The van der Waals surface area contributed by atoms with Crippen molar-refractivity contribution in [1.29, 1.82) is 0 Å². The first-order valence-corrected chi connectivity index (χ1v) is 10.3. The van der Waals surface area contributed by atoms with Gasteiger partial charge in [-0.2, -0.15) is 5.10 Å². The molecule has 1 aliphatic rings. The van der Waals surface area contributed by atoms with E-state index < -0.39 is 17.9 Å². The lowest BCUT2D eigenvalue weighted by atomic mass is 10.0. The van der Waals surface area contributed by atoms with Crippen LogP contribution in [0.4, 0.5) is 0 Å². The molecular weight excluding hydrogens is 382 g/mol. The number of nitrogens with zero attached hydrogens (tertiary/aromatic N) is 4. The van der Waals surface area contributed by atoms with Crippen LogP contribution in [0.25, 0.3) is 0 Å². The molecule has 1 fully saturated rings. The van der Waals surface area contributed by atoms with Gasteiger partial charge < -0.3 is 15.1 Å². The van der Waals surface area contributed by atoms with E-state index in [1.54, 1.807) is 21.7 Å². The van der Waals surface area contributed by atoms with Crippen molar-refractivity contribution in [2.45, 2.75) is 39.3 Å². The number of hydrogen-bond acceptors (Lipinski definition) is 4. The number of piperazine rings is 1. The summed E-state index contributed by atoms with van der Waals surface area (Å²) in [4.78, 5) is 41.7. The second-order valence-corrected chi connectivity index (χ2v) is 7.59. The van der Waals surface area contributed by atoms with Gasteiger partial charge >= 0.3 is 11.8 Å². The Morgan fingerprint density at radius 1 is 1.17 bits per heavy atom. The largest absolute Gasteiger partial charge is 0.350 e. The van der Waals surface area contributed by atoms with Gasteiger partial charge in [0.05, 0.1) is 5.69 Å². The van der Waals surface area contributed by atoms with Gasteiger partial charge in [0.25, 0.3) is 0 Å². The number of nitrogens with one attached hydrogen (secondary N) is 1. The predicted octanol–water partition coefficient (Wildman–Crippen LogP) is 1.56. The summed E-state index contributed by atoms with van der Waals surface area (Å²) in [6.07, 6.45) is 3.66. The Labute approximate surface area is 176 Å². The number of hydrogen-bond donors (Lipinski definition) is 1. The van der Waals surface area contributed by atoms with Gasteiger partial charge in [0.2, 0.25) is 5.91 Å². The second-order valence-electron chi connectivity index (χ2n) is 7.59. The van der Waals surface area contributed by atoms with E-state index >= 15 is 0 Å². The summed E-state index contributed by atoms with van der Waals surface area (Å²) in [6, 6.07) is 8.26. The smallest absolute Gasteiger partial charge is 0.313 e. The first kappa shape index (κ1) is 21.5. The van der Waals surface area contributed by atoms with Crippen LogP contribution >= 0.6 is 0 Å². The number of unbranched alkanes of at least 4 members (excludes halogenated alkanes) is 1. The second kappa shape index (κ2) is 9.56. The van der Waals surface area contributed by atoms with Gasteiger partial charge in [-0.1, -0.05) is 43.7 Å². The van der Waals surface area contributed by atoms with Crippen LogP contribution in [-0.2, 0) is 28.0 Å². The molecule has 1 N–H and O–H groups in total. The predicted molar refractivity (Wildman–Crippen MR) is 112 cm³/mol. The van der Waals surface area contributed by atoms with Crippen LogP contribution in [0, 0.1) is 6.92 Å². The zero-order valence-corrected chi connectivity index (χ0v) is 17.8. The molecule has 2 aromatic rings.